The minimum absolute atomic E-state index is 0.129. The van der Waals surface area contributed by atoms with Gasteiger partial charge in [-0.25, -0.2) is 4.98 Å². The molecular weight excluding hydrogens is 254 g/mol. The second kappa shape index (κ2) is 6.68. The molecule has 5 heteroatoms. The van der Waals surface area contributed by atoms with Gasteiger partial charge in [0.05, 0.1) is 4.92 Å². The van der Waals surface area contributed by atoms with Crippen LogP contribution in [0.25, 0.3) is 0 Å². The van der Waals surface area contributed by atoms with Crippen LogP contribution in [0.15, 0.2) is 18.3 Å². The van der Waals surface area contributed by atoms with Crippen LogP contribution in [-0.2, 0) is 0 Å². The molecule has 2 heterocycles. The monoisotopic (exact) mass is 277 g/mol. The summed E-state index contributed by atoms with van der Waals surface area (Å²) < 4.78 is 0. The van der Waals surface area contributed by atoms with Crippen LogP contribution in [0.1, 0.15) is 46.0 Å². The summed E-state index contributed by atoms with van der Waals surface area (Å²) in [5.41, 5.74) is 0.129. The molecule has 1 aromatic heterocycles. The van der Waals surface area contributed by atoms with Crippen molar-refractivity contribution in [3.63, 3.8) is 0 Å². The van der Waals surface area contributed by atoms with Crippen LogP contribution in [-0.4, -0.2) is 22.5 Å². The van der Waals surface area contributed by atoms with E-state index in [9.17, 15) is 10.1 Å². The highest BCUT2D eigenvalue weighted by molar-refractivity contribution is 5.58. The number of nitrogens with zero attached hydrogens (tertiary/aromatic N) is 3. The molecule has 0 spiro atoms. The van der Waals surface area contributed by atoms with Gasteiger partial charge in [0.1, 0.15) is 0 Å². The number of nitro groups is 1. The molecule has 1 fully saturated rings. The van der Waals surface area contributed by atoms with E-state index in [4.69, 9.17) is 0 Å². The van der Waals surface area contributed by atoms with Gasteiger partial charge in [-0.3, -0.25) is 10.1 Å². The van der Waals surface area contributed by atoms with E-state index in [2.05, 4.69) is 23.7 Å². The third-order valence-corrected chi connectivity index (χ3v) is 3.94. The lowest BCUT2D eigenvalue weighted by Crippen LogP contribution is -2.40. The Labute approximate surface area is 120 Å². The lowest BCUT2D eigenvalue weighted by molar-refractivity contribution is -0.384. The molecule has 110 valence electrons. The van der Waals surface area contributed by atoms with E-state index in [1.807, 2.05) is 0 Å². The number of aromatic nitrogens is 1. The summed E-state index contributed by atoms with van der Waals surface area (Å²) in [6.07, 6.45) is 7.30. The van der Waals surface area contributed by atoms with Gasteiger partial charge in [-0.05, 0) is 44.1 Å². The van der Waals surface area contributed by atoms with E-state index in [1.54, 1.807) is 18.3 Å². The molecule has 0 radical (unpaired) electrons. The molecule has 0 N–H and O–H groups in total. The van der Waals surface area contributed by atoms with Crippen molar-refractivity contribution < 1.29 is 4.92 Å². The van der Waals surface area contributed by atoms with Gasteiger partial charge in [-0.15, -0.1) is 0 Å². The van der Waals surface area contributed by atoms with Crippen molar-refractivity contribution in [1.82, 2.24) is 4.98 Å². The first kappa shape index (κ1) is 14.8. The number of anilines is 1. The van der Waals surface area contributed by atoms with Gasteiger partial charge in [0.2, 0.25) is 5.82 Å². The van der Waals surface area contributed by atoms with Crippen molar-refractivity contribution in [2.24, 2.45) is 5.92 Å². The zero-order valence-electron chi connectivity index (χ0n) is 12.3. The van der Waals surface area contributed by atoms with Crippen molar-refractivity contribution in [1.29, 1.82) is 0 Å². The van der Waals surface area contributed by atoms with Crippen molar-refractivity contribution in [2.45, 2.75) is 52.0 Å². The Morgan fingerprint density at radius 2 is 2.30 bits per heavy atom. The van der Waals surface area contributed by atoms with E-state index < -0.39 is 0 Å². The molecule has 0 saturated carbocycles. The predicted octanol–water partition coefficient (Wildman–Crippen LogP) is 3.78. The summed E-state index contributed by atoms with van der Waals surface area (Å²) in [6.45, 7) is 5.31. The molecule has 2 rings (SSSR count). The van der Waals surface area contributed by atoms with Gasteiger partial charge < -0.3 is 4.90 Å². The maximum atomic E-state index is 11.2. The zero-order chi connectivity index (χ0) is 14.5. The normalized spacial score (nSPS) is 19.4. The van der Waals surface area contributed by atoms with Crippen LogP contribution in [0.4, 0.5) is 11.5 Å². The van der Waals surface area contributed by atoms with Crippen LogP contribution in [0.5, 0.6) is 0 Å². The van der Waals surface area contributed by atoms with Crippen LogP contribution in [0, 0.1) is 16.0 Å². The first-order valence-electron chi connectivity index (χ1n) is 7.45. The molecule has 0 aliphatic carbocycles. The van der Waals surface area contributed by atoms with Crippen LogP contribution >= 0.6 is 0 Å². The smallest absolute Gasteiger partial charge is 0.311 e. The maximum Gasteiger partial charge on any atom is 0.311 e. The molecule has 1 aromatic rings. The Morgan fingerprint density at radius 1 is 1.50 bits per heavy atom. The topological polar surface area (TPSA) is 59.3 Å². The number of piperidine rings is 1. The van der Waals surface area contributed by atoms with E-state index in [1.165, 1.54) is 6.42 Å². The van der Waals surface area contributed by atoms with Gasteiger partial charge in [-0.2, -0.15) is 0 Å². The lowest BCUT2D eigenvalue weighted by atomic mass is 9.94. The Bertz CT molecular complexity index is 462. The molecule has 0 bridgehead atoms. The molecule has 0 aromatic carbocycles. The fourth-order valence-electron chi connectivity index (χ4n) is 2.86. The minimum Gasteiger partial charge on any atom is -0.348 e. The number of hydrogen-bond acceptors (Lipinski definition) is 4. The standard InChI is InChI=1S/C15H23N3O2/c1-12(2)8-9-13-6-3-4-11-17(13)15-14(18(19)20)7-5-10-16-15/h5,7,10,12-13H,3-4,6,8-9,11H2,1-2H3. The minimum atomic E-state index is -0.323. The quantitative estimate of drug-likeness (QED) is 0.607. The second-order valence-corrected chi connectivity index (χ2v) is 5.92. The largest absolute Gasteiger partial charge is 0.348 e. The molecule has 20 heavy (non-hydrogen) atoms. The molecular formula is C15H23N3O2. The predicted molar refractivity (Wildman–Crippen MR) is 79.9 cm³/mol. The summed E-state index contributed by atoms with van der Waals surface area (Å²) in [6, 6.07) is 3.57. The average molecular weight is 277 g/mol. The first-order chi connectivity index (χ1) is 9.59. The Hall–Kier alpha value is -1.65. The second-order valence-electron chi connectivity index (χ2n) is 5.92. The van der Waals surface area contributed by atoms with Gasteiger partial charge in [0.25, 0.3) is 0 Å². The summed E-state index contributed by atoms with van der Waals surface area (Å²) in [7, 11) is 0. The first-order valence-corrected chi connectivity index (χ1v) is 7.45. The SMILES string of the molecule is CC(C)CCC1CCCCN1c1ncccc1[N+](=O)[O-]. The van der Waals surface area contributed by atoms with Crippen LogP contribution in [0.2, 0.25) is 0 Å². The third kappa shape index (κ3) is 3.46. The van der Waals surface area contributed by atoms with E-state index in [0.29, 0.717) is 17.8 Å². The van der Waals surface area contributed by atoms with Crippen LogP contribution < -0.4 is 4.90 Å². The molecule has 0 amide bonds. The Kier molecular flexibility index (Phi) is 4.93. The molecule has 1 aliphatic rings. The highest BCUT2D eigenvalue weighted by Gasteiger charge is 2.28. The van der Waals surface area contributed by atoms with Crippen molar-refractivity contribution >= 4 is 11.5 Å². The average Bonchev–Trinajstić information content (AvgIpc) is 2.45. The van der Waals surface area contributed by atoms with E-state index >= 15 is 0 Å². The Balaban J connectivity index is 2.21. The number of rotatable bonds is 5. The van der Waals surface area contributed by atoms with E-state index in [0.717, 1.165) is 32.2 Å². The molecule has 1 atom stereocenters. The highest BCUT2D eigenvalue weighted by atomic mass is 16.6. The fraction of sp³-hybridized carbons (Fsp3) is 0.667. The Morgan fingerprint density at radius 3 is 3.00 bits per heavy atom. The fourth-order valence-corrected chi connectivity index (χ4v) is 2.86. The number of pyridine rings is 1. The lowest BCUT2D eigenvalue weighted by Gasteiger charge is -2.36. The molecule has 1 aliphatic heterocycles. The summed E-state index contributed by atoms with van der Waals surface area (Å²) in [4.78, 5) is 17.3. The maximum absolute atomic E-state index is 11.2. The summed E-state index contributed by atoms with van der Waals surface area (Å²) >= 11 is 0. The summed E-state index contributed by atoms with van der Waals surface area (Å²) in [5.74, 6) is 1.21. The van der Waals surface area contributed by atoms with Crippen LogP contribution in [0.3, 0.4) is 0 Å². The van der Waals surface area contributed by atoms with Crippen molar-refractivity contribution in [2.75, 3.05) is 11.4 Å². The molecule has 1 saturated heterocycles. The highest BCUT2D eigenvalue weighted by Crippen LogP contribution is 2.32. The third-order valence-electron chi connectivity index (χ3n) is 3.94. The van der Waals surface area contributed by atoms with Gasteiger partial charge >= 0.3 is 5.69 Å². The van der Waals surface area contributed by atoms with Gasteiger partial charge in [0, 0.05) is 24.8 Å². The van der Waals surface area contributed by atoms with Crippen molar-refractivity contribution in [3.8, 4) is 0 Å². The van der Waals surface area contributed by atoms with Gasteiger partial charge in [-0.1, -0.05) is 13.8 Å². The van der Waals surface area contributed by atoms with Crippen molar-refractivity contribution in [3.05, 3.63) is 28.4 Å². The van der Waals surface area contributed by atoms with E-state index in [-0.39, 0.29) is 10.6 Å². The number of hydrogen-bond donors (Lipinski definition) is 0. The summed E-state index contributed by atoms with van der Waals surface area (Å²) in [5, 5.41) is 11.2. The molecule has 5 nitrogen and oxygen atoms in total. The van der Waals surface area contributed by atoms with Gasteiger partial charge in [0.15, 0.2) is 0 Å². The molecule has 1 unspecified atom stereocenters. The zero-order valence-corrected chi connectivity index (χ0v) is 12.3.